The molecular weight excluding hydrogens is 450 g/mol. The highest BCUT2D eigenvalue weighted by Crippen LogP contribution is 2.33. The molecule has 3 aromatic rings. The molecule has 0 radical (unpaired) electrons. The van der Waals surface area contributed by atoms with Gasteiger partial charge in [-0.25, -0.2) is 4.79 Å². The molecule has 186 valence electrons. The van der Waals surface area contributed by atoms with Crippen molar-refractivity contribution in [2.75, 3.05) is 19.0 Å². The number of methoxy groups -OCH3 is 1. The zero-order chi connectivity index (χ0) is 25.5. The Morgan fingerprint density at radius 2 is 1.83 bits per heavy atom. The number of carbonyl (C=O) groups is 2. The minimum atomic E-state index is -0.710. The fraction of sp³-hybridized carbons (Fsp3) is 0.267. The van der Waals surface area contributed by atoms with E-state index in [1.54, 1.807) is 0 Å². The second-order valence-corrected chi connectivity index (χ2v) is 9.33. The zero-order valence-corrected chi connectivity index (χ0v) is 21.0. The van der Waals surface area contributed by atoms with Crippen molar-refractivity contribution in [1.29, 1.82) is 0 Å². The highest BCUT2D eigenvalue weighted by atomic mass is 16.5. The Hall–Kier alpha value is -4.06. The number of nitrogens with one attached hydrogen (secondary N) is 3. The van der Waals surface area contributed by atoms with Crippen molar-refractivity contribution < 1.29 is 14.3 Å². The van der Waals surface area contributed by atoms with Crippen molar-refractivity contribution in [2.24, 2.45) is 5.92 Å². The molecule has 3 aromatic carbocycles. The van der Waals surface area contributed by atoms with E-state index in [2.05, 4.69) is 46.3 Å². The van der Waals surface area contributed by atoms with E-state index in [1.165, 1.54) is 7.11 Å². The summed E-state index contributed by atoms with van der Waals surface area (Å²) in [6.45, 7) is 4.66. The van der Waals surface area contributed by atoms with Gasteiger partial charge in [-0.05, 0) is 65.1 Å². The first-order chi connectivity index (χ1) is 17.5. The average molecular weight is 484 g/mol. The summed E-state index contributed by atoms with van der Waals surface area (Å²) in [6.07, 6.45) is 7.56. The first-order valence-corrected chi connectivity index (χ1v) is 12.3. The number of benzene rings is 3. The van der Waals surface area contributed by atoms with Crippen molar-refractivity contribution in [3.8, 4) is 11.1 Å². The zero-order valence-electron chi connectivity index (χ0n) is 21.0. The number of rotatable bonds is 9. The molecule has 1 amide bonds. The number of esters is 1. The monoisotopic (exact) mass is 483 g/mol. The second-order valence-electron chi connectivity index (χ2n) is 9.33. The van der Waals surface area contributed by atoms with E-state index in [-0.39, 0.29) is 11.8 Å². The quantitative estimate of drug-likeness (QED) is 0.344. The van der Waals surface area contributed by atoms with Crippen LogP contribution >= 0.6 is 0 Å². The first kappa shape index (κ1) is 25.0. The summed E-state index contributed by atoms with van der Waals surface area (Å²) < 4.78 is 4.95. The Morgan fingerprint density at radius 3 is 2.58 bits per heavy atom. The maximum absolute atomic E-state index is 13.5. The Bertz CT molecular complexity index is 1300. The minimum absolute atomic E-state index is 0.219. The van der Waals surface area contributed by atoms with Crippen LogP contribution in [0, 0.1) is 5.92 Å². The topological polar surface area (TPSA) is 79.5 Å². The van der Waals surface area contributed by atoms with Gasteiger partial charge in [-0.2, -0.15) is 0 Å². The van der Waals surface area contributed by atoms with Gasteiger partial charge in [0.25, 0.3) is 5.91 Å². The van der Waals surface area contributed by atoms with Gasteiger partial charge in [0.05, 0.1) is 13.7 Å². The molecule has 4 rings (SSSR count). The van der Waals surface area contributed by atoms with Crippen molar-refractivity contribution in [1.82, 2.24) is 10.6 Å². The summed E-state index contributed by atoms with van der Waals surface area (Å²) in [5, 5.41) is 11.8. The number of allylic oxidation sites excluding steroid dienone is 2. The number of dihydropyridines is 1. The van der Waals surface area contributed by atoms with Crippen LogP contribution in [0.2, 0.25) is 0 Å². The van der Waals surface area contributed by atoms with Crippen LogP contribution in [0.25, 0.3) is 21.9 Å². The molecule has 36 heavy (non-hydrogen) atoms. The van der Waals surface area contributed by atoms with E-state index in [0.717, 1.165) is 39.7 Å². The summed E-state index contributed by atoms with van der Waals surface area (Å²) in [5.41, 5.74) is 4.26. The SMILES string of the molecule is COC(=O)C(CC(C)C)NC(=O)c1ccc(NCC2=CCC=CN2)cc1-c1cccc2ccccc12. The van der Waals surface area contributed by atoms with Crippen LogP contribution in [0.1, 0.15) is 37.0 Å². The number of hydrogen-bond donors (Lipinski definition) is 3. The van der Waals surface area contributed by atoms with E-state index < -0.39 is 12.0 Å². The van der Waals surface area contributed by atoms with E-state index in [4.69, 9.17) is 4.74 Å². The van der Waals surface area contributed by atoms with Crippen molar-refractivity contribution >= 4 is 28.3 Å². The molecule has 3 N–H and O–H groups in total. The van der Waals surface area contributed by atoms with Crippen LogP contribution in [0.3, 0.4) is 0 Å². The van der Waals surface area contributed by atoms with Gasteiger partial charge >= 0.3 is 5.97 Å². The Balaban J connectivity index is 1.71. The van der Waals surface area contributed by atoms with Crippen molar-refractivity contribution in [2.45, 2.75) is 32.7 Å². The van der Waals surface area contributed by atoms with Gasteiger partial charge in [-0.3, -0.25) is 4.79 Å². The minimum Gasteiger partial charge on any atom is -0.467 e. The Kier molecular flexibility index (Phi) is 8.06. The molecule has 1 aliphatic rings. The fourth-order valence-electron chi connectivity index (χ4n) is 4.42. The predicted molar refractivity (Wildman–Crippen MR) is 146 cm³/mol. The number of anilines is 1. The van der Waals surface area contributed by atoms with Crippen LogP contribution in [0.15, 0.2) is 84.7 Å². The first-order valence-electron chi connectivity index (χ1n) is 12.3. The standard InChI is InChI=1S/C30H33N3O3/c1-20(2)17-28(30(35)36-3)33-29(34)26-15-14-22(32-19-23-11-6-7-16-31-23)18-27(26)25-13-8-10-21-9-4-5-12-24(21)25/h4-5,7-16,18,20,28,31-32H,6,17,19H2,1-3H3,(H,33,34). The van der Waals surface area contributed by atoms with Gasteiger partial charge in [0.1, 0.15) is 6.04 Å². The molecule has 1 heterocycles. The van der Waals surface area contributed by atoms with Crippen LogP contribution in [-0.2, 0) is 9.53 Å². The van der Waals surface area contributed by atoms with Gasteiger partial charge < -0.3 is 20.7 Å². The van der Waals surface area contributed by atoms with Crippen molar-refractivity contribution in [3.63, 3.8) is 0 Å². The average Bonchev–Trinajstić information content (AvgIpc) is 2.91. The van der Waals surface area contributed by atoms with E-state index in [9.17, 15) is 9.59 Å². The molecular formula is C30H33N3O3. The smallest absolute Gasteiger partial charge is 0.328 e. The van der Waals surface area contributed by atoms with E-state index in [1.807, 2.05) is 62.5 Å². The van der Waals surface area contributed by atoms with Crippen LogP contribution in [0.4, 0.5) is 5.69 Å². The lowest BCUT2D eigenvalue weighted by molar-refractivity contribution is -0.143. The summed E-state index contributed by atoms with van der Waals surface area (Å²) >= 11 is 0. The van der Waals surface area contributed by atoms with Gasteiger partial charge in [0, 0.05) is 16.9 Å². The normalized spacial score (nSPS) is 13.6. The Labute approximate surface area is 212 Å². The molecule has 1 unspecified atom stereocenters. The molecule has 1 aliphatic heterocycles. The molecule has 0 fully saturated rings. The summed E-state index contributed by atoms with van der Waals surface area (Å²) in [6, 6.07) is 19.2. The number of carbonyl (C=O) groups excluding carboxylic acids is 2. The molecule has 0 saturated carbocycles. The summed E-state index contributed by atoms with van der Waals surface area (Å²) in [5.74, 6) is -0.525. The Morgan fingerprint density at radius 1 is 1.03 bits per heavy atom. The molecule has 1 atom stereocenters. The van der Waals surface area contributed by atoms with Gasteiger partial charge in [0.15, 0.2) is 0 Å². The summed E-state index contributed by atoms with van der Waals surface area (Å²) in [7, 11) is 1.34. The second kappa shape index (κ2) is 11.6. The summed E-state index contributed by atoms with van der Waals surface area (Å²) in [4.78, 5) is 25.9. The van der Waals surface area contributed by atoms with E-state index in [0.29, 0.717) is 18.5 Å². The van der Waals surface area contributed by atoms with Crippen LogP contribution < -0.4 is 16.0 Å². The predicted octanol–water partition coefficient (Wildman–Crippen LogP) is 5.63. The lowest BCUT2D eigenvalue weighted by Gasteiger charge is -2.20. The van der Waals surface area contributed by atoms with Crippen molar-refractivity contribution in [3.05, 3.63) is 90.3 Å². The molecule has 0 aromatic heterocycles. The van der Waals surface area contributed by atoms with Crippen LogP contribution in [0.5, 0.6) is 0 Å². The third kappa shape index (κ3) is 5.95. The third-order valence-corrected chi connectivity index (χ3v) is 6.21. The van der Waals surface area contributed by atoms with Gasteiger partial charge in [-0.15, -0.1) is 0 Å². The maximum Gasteiger partial charge on any atom is 0.328 e. The molecule has 0 bridgehead atoms. The molecule has 0 aliphatic carbocycles. The number of hydrogen-bond acceptors (Lipinski definition) is 5. The molecule has 6 heteroatoms. The molecule has 0 saturated heterocycles. The lowest BCUT2D eigenvalue weighted by atomic mass is 9.93. The molecule has 6 nitrogen and oxygen atoms in total. The fourth-order valence-corrected chi connectivity index (χ4v) is 4.42. The molecule has 0 spiro atoms. The van der Waals surface area contributed by atoms with Gasteiger partial charge in [-0.1, -0.05) is 68.5 Å². The number of amides is 1. The van der Waals surface area contributed by atoms with Crippen LogP contribution in [-0.4, -0.2) is 31.6 Å². The number of ether oxygens (including phenoxy) is 1. The highest BCUT2D eigenvalue weighted by Gasteiger charge is 2.25. The largest absolute Gasteiger partial charge is 0.467 e. The maximum atomic E-state index is 13.5. The third-order valence-electron chi connectivity index (χ3n) is 6.21. The number of fused-ring (bicyclic) bond motifs is 1. The lowest BCUT2D eigenvalue weighted by Crippen LogP contribution is -2.42. The van der Waals surface area contributed by atoms with Gasteiger partial charge in [0.2, 0.25) is 0 Å². The highest BCUT2D eigenvalue weighted by molar-refractivity contribution is 6.07. The van der Waals surface area contributed by atoms with E-state index >= 15 is 0 Å².